The number of rotatable bonds is 4. The van der Waals surface area contributed by atoms with Crippen molar-refractivity contribution < 1.29 is 9.59 Å². The van der Waals surface area contributed by atoms with E-state index in [0.29, 0.717) is 11.3 Å². The monoisotopic (exact) mass is 274 g/mol. The Labute approximate surface area is 120 Å². The van der Waals surface area contributed by atoms with Crippen molar-refractivity contribution >= 4 is 17.4 Å². The molecule has 1 aliphatic heterocycles. The number of hydrogen-bond acceptors (Lipinski definition) is 3. The van der Waals surface area contributed by atoms with E-state index in [9.17, 15) is 9.59 Å². The summed E-state index contributed by atoms with van der Waals surface area (Å²) in [7, 11) is 0. The maximum Gasteiger partial charge on any atom is 0.296 e. The van der Waals surface area contributed by atoms with Crippen molar-refractivity contribution in [2.75, 3.05) is 18.4 Å². The summed E-state index contributed by atoms with van der Waals surface area (Å²) in [6.07, 6.45) is 0. The number of carbonyl (C=O) groups is 2. The van der Waals surface area contributed by atoms with Gasteiger partial charge >= 0.3 is 0 Å². The van der Waals surface area contributed by atoms with Crippen LogP contribution in [0, 0.1) is 13.8 Å². The summed E-state index contributed by atoms with van der Waals surface area (Å²) in [4.78, 5) is 26.0. The summed E-state index contributed by atoms with van der Waals surface area (Å²) >= 11 is 0. The molecular formula is C16H22N2O2. The van der Waals surface area contributed by atoms with Crippen LogP contribution in [0.2, 0.25) is 0 Å². The molecule has 2 rings (SSSR count). The zero-order chi connectivity index (χ0) is 15.0. The van der Waals surface area contributed by atoms with E-state index in [1.54, 1.807) is 0 Å². The van der Waals surface area contributed by atoms with Crippen LogP contribution in [-0.2, 0) is 4.79 Å². The molecule has 0 aromatic heterocycles. The molecule has 0 spiro atoms. The van der Waals surface area contributed by atoms with Crippen molar-refractivity contribution in [3.8, 4) is 0 Å². The minimum Gasteiger partial charge on any atom is -0.318 e. The highest BCUT2D eigenvalue weighted by molar-refractivity contribution is 6.52. The number of anilines is 1. The Morgan fingerprint density at radius 1 is 1.20 bits per heavy atom. The van der Waals surface area contributed by atoms with Crippen LogP contribution in [-0.4, -0.2) is 29.7 Å². The summed E-state index contributed by atoms with van der Waals surface area (Å²) < 4.78 is 0. The number of ketones is 1. The van der Waals surface area contributed by atoms with Gasteiger partial charge in [0.05, 0.1) is 11.3 Å². The fourth-order valence-corrected chi connectivity index (χ4v) is 3.07. The van der Waals surface area contributed by atoms with Crippen LogP contribution in [0.1, 0.15) is 53.9 Å². The quantitative estimate of drug-likeness (QED) is 0.859. The van der Waals surface area contributed by atoms with Gasteiger partial charge in [-0.1, -0.05) is 19.9 Å². The molecule has 1 aromatic rings. The molecule has 1 atom stereocenters. The smallest absolute Gasteiger partial charge is 0.296 e. The van der Waals surface area contributed by atoms with Crippen molar-refractivity contribution in [3.05, 3.63) is 28.3 Å². The molecule has 1 heterocycles. The van der Waals surface area contributed by atoms with Crippen LogP contribution in [0.4, 0.5) is 5.69 Å². The molecule has 1 aromatic carbocycles. The first-order valence-electron chi connectivity index (χ1n) is 7.16. The number of amides is 1. The first kappa shape index (κ1) is 14.7. The average molecular weight is 274 g/mol. The first-order valence-corrected chi connectivity index (χ1v) is 7.16. The van der Waals surface area contributed by atoms with Crippen LogP contribution in [0.15, 0.2) is 6.07 Å². The van der Waals surface area contributed by atoms with E-state index in [0.717, 1.165) is 29.8 Å². The van der Waals surface area contributed by atoms with Gasteiger partial charge in [0.25, 0.3) is 11.7 Å². The third kappa shape index (κ3) is 2.14. The Morgan fingerprint density at radius 2 is 1.80 bits per heavy atom. The van der Waals surface area contributed by atoms with Crippen LogP contribution in [0.3, 0.4) is 0 Å². The Morgan fingerprint density at radius 3 is 2.35 bits per heavy atom. The summed E-state index contributed by atoms with van der Waals surface area (Å²) in [6, 6.07) is 2.33. The normalized spacial score (nSPS) is 15.5. The summed E-state index contributed by atoms with van der Waals surface area (Å²) in [6.45, 7) is 12.2. The second-order valence-corrected chi connectivity index (χ2v) is 5.34. The molecule has 0 fully saturated rings. The highest BCUT2D eigenvalue weighted by atomic mass is 16.2. The Hall–Kier alpha value is -1.68. The highest BCUT2D eigenvalue weighted by Crippen LogP contribution is 2.35. The second-order valence-electron chi connectivity index (χ2n) is 5.34. The van der Waals surface area contributed by atoms with E-state index < -0.39 is 11.7 Å². The lowest BCUT2D eigenvalue weighted by atomic mass is 9.92. The fourth-order valence-electron chi connectivity index (χ4n) is 3.07. The molecule has 4 nitrogen and oxygen atoms in total. The topological polar surface area (TPSA) is 49.4 Å². The van der Waals surface area contributed by atoms with E-state index >= 15 is 0 Å². The van der Waals surface area contributed by atoms with Crippen LogP contribution >= 0.6 is 0 Å². The maximum atomic E-state index is 12.0. The van der Waals surface area contributed by atoms with Crippen molar-refractivity contribution in [1.29, 1.82) is 0 Å². The summed E-state index contributed by atoms with van der Waals surface area (Å²) in [5.74, 6) is -0.923. The van der Waals surface area contributed by atoms with Gasteiger partial charge in [-0.05, 0) is 50.6 Å². The zero-order valence-electron chi connectivity index (χ0n) is 12.8. The molecule has 1 unspecified atom stereocenters. The summed E-state index contributed by atoms with van der Waals surface area (Å²) in [5, 5.41) is 2.68. The van der Waals surface area contributed by atoms with Crippen molar-refractivity contribution in [3.63, 3.8) is 0 Å². The lowest BCUT2D eigenvalue weighted by Gasteiger charge is -2.29. The van der Waals surface area contributed by atoms with Crippen molar-refractivity contribution in [2.24, 2.45) is 0 Å². The van der Waals surface area contributed by atoms with Gasteiger partial charge in [0.1, 0.15) is 0 Å². The predicted octanol–water partition coefficient (Wildman–Crippen LogP) is 2.84. The van der Waals surface area contributed by atoms with E-state index in [1.807, 2.05) is 13.8 Å². The molecular weight excluding hydrogens is 252 g/mol. The van der Waals surface area contributed by atoms with E-state index in [1.165, 1.54) is 0 Å². The lowest BCUT2D eigenvalue weighted by molar-refractivity contribution is -0.112. The number of Topliss-reactive ketones (excluding diaryl/α,β-unsaturated/α-hetero) is 1. The van der Waals surface area contributed by atoms with Gasteiger partial charge in [-0.15, -0.1) is 0 Å². The molecule has 0 aliphatic carbocycles. The number of nitrogens with one attached hydrogen (secondary N) is 1. The molecule has 0 bridgehead atoms. The van der Waals surface area contributed by atoms with Crippen LogP contribution in [0.25, 0.3) is 0 Å². The highest BCUT2D eigenvalue weighted by Gasteiger charge is 2.33. The SMILES string of the molecule is CCN(CC)C(C)c1cc(C)c2c(c1C)C(=O)C(=O)N2. The molecule has 4 heteroatoms. The number of aryl methyl sites for hydroxylation is 1. The number of hydrogen-bond donors (Lipinski definition) is 1. The largest absolute Gasteiger partial charge is 0.318 e. The number of nitrogens with zero attached hydrogens (tertiary/aromatic N) is 1. The van der Waals surface area contributed by atoms with E-state index in [-0.39, 0.29) is 6.04 Å². The molecule has 0 saturated heterocycles. The van der Waals surface area contributed by atoms with Gasteiger partial charge in [-0.3, -0.25) is 14.5 Å². The van der Waals surface area contributed by atoms with Gasteiger partial charge in [0.15, 0.2) is 0 Å². The van der Waals surface area contributed by atoms with Gasteiger partial charge in [-0.2, -0.15) is 0 Å². The zero-order valence-corrected chi connectivity index (χ0v) is 12.8. The predicted molar refractivity (Wildman–Crippen MR) is 80.2 cm³/mol. The Kier molecular flexibility index (Phi) is 3.95. The van der Waals surface area contributed by atoms with E-state index in [2.05, 4.69) is 37.1 Å². The number of benzene rings is 1. The van der Waals surface area contributed by atoms with Gasteiger partial charge in [-0.25, -0.2) is 0 Å². The molecule has 0 radical (unpaired) electrons. The average Bonchev–Trinajstić information content (AvgIpc) is 2.72. The first-order chi connectivity index (χ1) is 9.42. The van der Waals surface area contributed by atoms with Gasteiger partial charge < -0.3 is 5.32 Å². The second kappa shape index (κ2) is 5.37. The van der Waals surface area contributed by atoms with Crippen LogP contribution < -0.4 is 5.32 Å². The molecule has 20 heavy (non-hydrogen) atoms. The Bertz CT molecular complexity index is 574. The Balaban J connectivity index is 2.56. The minimum absolute atomic E-state index is 0.234. The number of carbonyl (C=O) groups excluding carboxylic acids is 2. The third-order valence-electron chi connectivity index (χ3n) is 4.31. The third-order valence-corrected chi connectivity index (χ3v) is 4.31. The molecule has 1 aliphatic rings. The lowest BCUT2D eigenvalue weighted by Crippen LogP contribution is -2.27. The molecule has 1 amide bonds. The minimum atomic E-state index is -0.515. The standard InChI is InChI=1S/C16H22N2O2/c1-6-18(7-2)11(5)12-8-9(3)14-13(10(12)4)15(19)16(20)17-14/h8,11H,6-7H2,1-5H3,(H,17,19,20). The van der Waals surface area contributed by atoms with Crippen molar-refractivity contribution in [1.82, 2.24) is 4.90 Å². The molecule has 108 valence electrons. The van der Waals surface area contributed by atoms with Gasteiger partial charge in [0.2, 0.25) is 0 Å². The fraction of sp³-hybridized carbons (Fsp3) is 0.500. The van der Waals surface area contributed by atoms with Crippen molar-refractivity contribution in [2.45, 2.75) is 40.7 Å². The summed E-state index contributed by atoms with van der Waals surface area (Å²) in [5.41, 5.74) is 4.26. The molecule has 0 saturated carbocycles. The van der Waals surface area contributed by atoms with Gasteiger partial charge in [0, 0.05) is 6.04 Å². The van der Waals surface area contributed by atoms with E-state index in [4.69, 9.17) is 0 Å². The molecule has 1 N–H and O–H groups in total. The van der Waals surface area contributed by atoms with Crippen LogP contribution in [0.5, 0.6) is 0 Å². The number of fused-ring (bicyclic) bond motifs is 1. The maximum absolute atomic E-state index is 12.0.